The van der Waals surface area contributed by atoms with E-state index in [1.807, 2.05) is 31.2 Å². The molecule has 0 aliphatic heterocycles. The van der Waals surface area contributed by atoms with Gasteiger partial charge in [0.15, 0.2) is 0 Å². The Morgan fingerprint density at radius 2 is 2.07 bits per heavy atom. The predicted octanol–water partition coefficient (Wildman–Crippen LogP) is 1.99. The van der Waals surface area contributed by atoms with Gasteiger partial charge in [0, 0.05) is 23.6 Å². The zero-order chi connectivity index (χ0) is 11.0. The average Bonchev–Trinajstić information content (AvgIpc) is 2.52. The number of carbonyl (C=O) groups excluding carboxylic acids is 1. The van der Waals surface area contributed by atoms with E-state index < -0.39 is 6.03 Å². The zero-order valence-electron chi connectivity index (χ0n) is 8.74. The number of fused-ring (bicyclic) bond motifs is 1. The molecule has 78 valence electrons. The first-order valence-electron chi connectivity index (χ1n) is 4.71. The Hall–Kier alpha value is -1.97. The number of primary amides is 1. The number of para-hydroxylation sites is 1. The van der Waals surface area contributed by atoms with Crippen LogP contribution in [0, 0.1) is 6.92 Å². The van der Waals surface area contributed by atoms with Gasteiger partial charge in [0.25, 0.3) is 0 Å². The number of aromatic nitrogens is 1. The summed E-state index contributed by atoms with van der Waals surface area (Å²) in [7, 11) is 1.67. The summed E-state index contributed by atoms with van der Waals surface area (Å²) >= 11 is 0. The number of nitrogens with one attached hydrogen (secondary N) is 1. The first-order chi connectivity index (χ1) is 7.11. The molecule has 2 aromatic rings. The van der Waals surface area contributed by atoms with Crippen LogP contribution in [0.15, 0.2) is 24.3 Å². The van der Waals surface area contributed by atoms with Gasteiger partial charge in [-0.3, -0.25) is 4.90 Å². The molecule has 0 radical (unpaired) electrons. The first-order valence-corrected chi connectivity index (χ1v) is 4.71. The van der Waals surface area contributed by atoms with Gasteiger partial charge in [0.05, 0.1) is 5.69 Å². The lowest BCUT2D eigenvalue weighted by atomic mass is 10.2. The molecule has 0 unspecified atom stereocenters. The fourth-order valence-electron chi connectivity index (χ4n) is 1.80. The number of nitrogens with zero attached hydrogens (tertiary/aromatic N) is 1. The topological polar surface area (TPSA) is 62.1 Å². The van der Waals surface area contributed by atoms with Gasteiger partial charge in [-0.1, -0.05) is 18.2 Å². The van der Waals surface area contributed by atoms with E-state index in [1.165, 1.54) is 4.90 Å². The van der Waals surface area contributed by atoms with Crippen molar-refractivity contribution in [1.29, 1.82) is 0 Å². The summed E-state index contributed by atoms with van der Waals surface area (Å²) in [6, 6.07) is 7.37. The SMILES string of the molecule is Cc1[nH]c2ccccc2c1N(C)C(N)=O. The molecule has 15 heavy (non-hydrogen) atoms. The van der Waals surface area contributed by atoms with Crippen LogP contribution in [-0.2, 0) is 0 Å². The quantitative estimate of drug-likeness (QED) is 0.731. The maximum Gasteiger partial charge on any atom is 0.319 e. The number of hydrogen-bond donors (Lipinski definition) is 2. The van der Waals surface area contributed by atoms with Gasteiger partial charge >= 0.3 is 6.03 Å². The Morgan fingerprint density at radius 3 is 2.73 bits per heavy atom. The number of anilines is 1. The van der Waals surface area contributed by atoms with Crippen molar-refractivity contribution >= 4 is 22.6 Å². The van der Waals surface area contributed by atoms with Gasteiger partial charge in [-0.15, -0.1) is 0 Å². The third-order valence-electron chi connectivity index (χ3n) is 2.53. The van der Waals surface area contributed by atoms with Crippen LogP contribution in [0.4, 0.5) is 10.5 Å². The van der Waals surface area contributed by atoms with Crippen molar-refractivity contribution in [3.8, 4) is 0 Å². The minimum atomic E-state index is -0.456. The Balaban J connectivity index is 2.68. The highest BCUT2D eigenvalue weighted by atomic mass is 16.2. The van der Waals surface area contributed by atoms with Gasteiger partial charge in [-0.2, -0.15) is 0 Å². The summed E-state index contributed by atoms with van der Waals surface area (Å²) in [4.78, 5) is 15.8. The van der Waals surface area contributed by atoms with Crippen molar-refractivity contribution in [2.75, 3.05) is 11.9 Å². The standard InChI is InChI=1S/C11H13N3O/c1-7-10(14(2)11(12)15)8-5-3-4-6-9(8)13-7/h3-6,13H,1-2H3,(H2,12,15). The second-order valence-corrected chi connectivity index (χ2v) is 3.54. The molecule has 2 rings (SSSR count). The molecule has 0 bridgehead atoms. The highest BCUT2D eigenvalue weighted by molar-refractivity contribution is 6.03. The summed E-state index contributed by atoms with van der Waals surface area (Å²) in [5, 5.41) is 1.01. The molecule has 3 N–H and O–H groups in total. The average molecular weight is 203 g/mol. The molecule has 0 fully saturated rings. The fraction of sp³-hybridized carbons (Fsp3) is 0.182. The van der Waals surface area contributed by atoms with Crippen molar-refractivity contribution in [1.82, 2.24) is 4.98 Å². The van der Waals surface area contributed by atoms with Crippen molar-refractivity contribution < 1.29 is 4.79 Å². The monoisotopic (exact) mass is 203 g/mol. The van der Waals surface area contributed by atoms with E-state index in [1.54, 1.807) is 7.05 Å². The highest BCUT2D eigenvalue weighted by Gasteiger charge is 2.14. The van der Waals surface area contributed by atoms with Gasteiger partial charge in [0.1, 0.15) is 0 Å². The number of carbonyl (C=O) groups is 1. The van der Waals surface area contributed by atoms with Crippen LogP contribution >= 0.6 is 0 Å². The fourth-order valence-corrected chi connectivity index (χ4v) is 1.80. The van der Waals surface area contributed by atoms with Gasteiger partial charge < -0.3 is 10.7 Å². The summed E-state index contributed by atoms with van der Waals surface area (Å²) < 4.78 is 0. The molecular formula is C11H13N3O. The Morgan fingerprint density at radius 1 is 1.40 bits per heavy atom. The van der Waals surface area contributed by atoms with Crippen LogP contribution in [-0.4, -0.2) is 18.1 Å². The van der Waals surface area contributed by atoms with Crippen molar-refractivity contribution in [3.05, 3.63) is 30.0 Å². The minimum absolute atomic E-state index is 0.456. The van der Waals surface area contributed by atoms with Crippen molar-refractivity contribution in [2.24, 2.45) is 5.73 Å². The van der Waals surface area contributed by atoms with Crippen LogP contribution in [0.25, 0.3) is 10.9 Å². The summed E-state index contributed by atoms with van der Waals surface area (Å²) in [6.07, 6.45) is 0. The summed E-state index contributed by atoms with van der Waals surface area (Å²) in [5.41, 5.74) is 8.06. The predicted molar refractivity (Wildman–Crippen MR) is 61.0 cm³/mol. The van der Waals surface area contributed by atoms with Gasteiger partial charge in [-0.25, -0.2) is 4.79 Å². The lowest BCUT2D eigenvalue weighted by Gasteiger charge is -2.14. The van der Waals surface area contributed by atoms with E-state index in [-0.39, 0.29) is 0 Å². The highest BCUT2D eigenvalue weighted by Crippen LogP contribution is 2.29. The number of H-pyrrole nitrogens is 1. The lowest BCUT2D eigenvalue weighted by molar-refractivity contribution is 0.255. The molecule has 4 nitrogen and oxygen atoms in total. The first kappa shape index (κ1) is 9.58. The Bertz CT molecular complexity index is 516. The van der Waals surface area contributed by atoms with Crippen LogP contribution in [0.1, 0.15) is 5.69 Å². The van der Waals surface area contributed by atoms with E-state index >= 15 is 0 Å². The summed E-state index contributed by atoms with van der Waals surface area (Å²) in [5.74, 6) is 0. The number of hydrogen-bond acceptors (Lipinski definition) is 1. The maximum absolute atomic E-state index is 11.1. The summed E-state index contributed by atoms with van der Waals surface area (Å²) in [6.45, 7) is 1.93. The second kappa shape index (κ2) is 3.31. The number of nitrogens with two attached hydrogens (primary N) is 1. The number of aryl methyl sites for hydroxylation is 1. The van der Waals surface area contributed by atoms with E-state index in [2.05, 4.69) is 4.98 Å². The van der Waals surface area contributed by atoms with Crippen molar-refractivity contribution in [2.45, 2.75) is 6.92 Å². The largest absolute Gasteiger partial charge is 0.357 e. The van der Waals surface area contributed by atoms with Gasteiger partial charge in [-0.05, 0) is 13.0 Å². The smallest absolute Gasteiger partial charge is 0.319 e. The van der Waals surface area contributed by atoms with E-state index in [0.29, 0.717) is 0 Å². The molecule has 2 amide bonds. The van der Waals surface area contributed by atoms with Crippen LogP contribution in [0.3, 0.4) is 0 Å². The number of rotatable bonds is 1. The van der Waals surface area contributed by atoms with Gasteiger partial charge in [0.2, 0.25) is 0 Å². The maximum atomic E-state index is 11.1. The molecule has 0 saturated carbocycles. The number of amides is 2. The van der Waals surface area contributed by atoms with E-state index in [4.69, 9.17) is 5.73 Å². The molecule has 1 aromatic heterocycles. The van der Waals surface area contributed by atoms with Crippen LogP contribution in [0.5, 0.6) is 0 Å². The minimum Gasteiger partial charge on any atom is -0.357 e. The Kier molecular flexibility index (Phi) is 2.11. The Labute approximate surface area is 87.7 Å². The number of benzene rings is 1. The molecule has 0 aliphatic carbocycles. The number of urea groups is 1. The molecule has 0 atom stereocenters. The third-order valence-corrected chi connectivity index (χ3v) is 2.53. The molecular weight excluding hydrogens is 190 g/mol. The molecule has 0 spiro atoms. The molecule has 1 heterocycles. The van der Waals surface area contributed by atoms with E-state index in [9.17, 15) is 4.79 Å². The lowest BCUT2D eigenvalue weighted by Crippen LogP contribution is -2.32. The van der Waals surface area contributed by atoms with E-state index in [0.717, 1.165) is 22.3 Å². The third kappa shape index (κ3) is 1.44. The molecule has 0 saturated heterocycles. The van der Waals surface area contributed by atoms with Crippen LogP contribution in [0.2, 0.25) is 0 Å². The second-order valence-electron chi connectivity index (χ2n) is 3.54. The number of aromatic amines is 1. The zero-order valence-corrected chi connectivity index (χ0v) is 8.74. The molecule has 0 aliphatic rings. The normalized spacial score (nSPS) is 10.5. The van der Waals surface area contributed by atoms with Crippen LogP contribution < -0.4 is 10.6 Å². The van der Waals surface area contributed by atoms with Crippen molar-refractivity contribution in [3.63, 3.8) is 0 Å². The molecule has 1 aromatic carbocycles. The molecule has 4 heteroatoms.